The Morgan fingerprint density at radius 1 is 1.44 bits per heavy atom. The van der Waals surface area contributed by atoms with Gasteiger partial charge >= 0.3 is 0 Å². The van der Waals surface area contributed by atoms with Crippen molar-refractivity contribution in [3.8, 4) is 0 Å². The fourth-order valence-electron chi connectivity index (χ4n) is 1.48. The molecule has 0 aliphatic rings. The van der Waals surface area contributed by atoms with Crippen LogP contribution in [0.15, 0.2) is 18.2 Å². The second kappa shape index (κ2) is 8.59. The summed E-state index contributed by atoms with van der Waals surface area (Å²) in [5.74, 6) is -0.151. The van der Waals surface area contributed by atoms with E-state index in [2.05, 4.69) is 5.32 Å². The molecule has 0 radical (unpaired) electrons. The van der Waals surface area contributed by atoms with Crippen molar-refractivity contribution < 1.29 is 4.79 Å². The first-order chi connectivity index (χ1) is 8.04. The van der Waals surface area contributed by atoms with Gasteiger partial charge in [0.1, 0.15) is 0 Å². The van der Waals surface area contributed by atoms with E-state index in [9.17, 15) is 4.79 Å². The fourth-order valence-corrected chi connectivity index (χ4v) is 1.97. The Morgan fingerprint density at radius 3 is 2.67 bits per heavy atom. The molecule has 1 unspecified atom stereocenters. The number of nitrogens with two attached hydrogens (primary N) is 1. The van der Waals surface area contributed by atoms with Gasteiger partial charge in [-0.1, -0.05) is 36.2 Å². The molecule has 0 aliphatic carbocycles. The van der Waals surface area contributed by atoms with E-state index in [-0.39, 0.29) is 24.2 Å². The normalized spacial score (nSPS) is 11.6. The zero-order chi connectivity index (χ0) is 12.8. The Morgan fingerprint density at radius 2 is 2.11 bits per heavy atom. The molecule has 1 amide bonds. The minimum Gasteiger partial charge on any atom is -0.355 e. The lowest BCUT2D eigenvalue weighted by atomic mass is 10.0. The third-order valence-corrected chi connectivity index (χ3v) is 3.02. The minimum atomic E-state index is -0.139. The molecule has 1 aromatic rings. The van der Waals surface area contributed by atoms with Crippen molar-refractivity contribution in [1.82, 2.24) is 5.32 Å². The first kappa shape index (κ1) is 17.5. The van der Waals surface area contributed by atoms with Gasteiger partial charge in [-0.2, -0.15) is 0 Å². The fraction of sp³-hybridized carbons (Fsp3) is 0.417. The molecule has 0 saturated heterocycles. The van der Waals surface area contributed by atoms with Crippen molar-refractivity contribution in [2.45, 2.75) is 13.3 Å². The maximum atomic E-state index is 11.6. The first-order valence-electron chi connectivity index (χ1n) is 5.46. The highest BCUT2D eigenvalue weighted by Gasteiger charge is 2.14. The number of hydrogen-bond acceptors (Lipinski definition) is 2. The van der Waals surface area contributed by atoms with Crippen LogP contribution >= 0.6 is 35.6 Å². The van der Waals surface area contributed by atoms with E-state index >= 15 is 0 Å². The molecule has 0 fully saturated rings. The summed E-state index contributed by atoms with van der Waals surface area (Å²) in [4.78, 5) is 11.6. The average Bonchev–Trinajstić information content (AvgIpc) is 2.29. The molecule has 0 heterocycles. The number of hydrogen-bond donors (Lipinski definition) is 2. The Labute approximate surface area is 123 Å². The number of nitrogens with one attached hydrogen (secondary N) is 1. The Kier molecular flexibility index (Phi) is 8.36. The van der Waals surface area contributed by atoms with E-state index in [1.807, 2.05) is 13.0 Å². The van der Waals surface area contributed by atoms with Crippen LogP contribution in [0.4, 0.5) is 0 Å². The average molecular weight is 312 g/mol. The minimum absolute atomic E-state index is 0. The lowest BCUT2D eigenvalue weighted by molar-refractivity contribution is -0.124. The second-order valence-electron chi connectivity index (χ2n) is 3.92. The van der Waals surface area contributed by atoms with Crippen molar-refractivity contribution in [3.05, 3.63) is 33.8 Å². The molecule has 0 aromatic heterocycles. The second-order valence-corrected chi connectivity index (χ2v) is 4.76. The summed E-state index contributed by atoms with van der Waals surface area (Å²) in [5.41, 5.74) is 6.24. The quantitative estimate of drug-likeness (QED) is 0.878. The van der Waals surface area contributed by atoms with Crippen LogP contribution in [0.3, 0.4) is 0 Å². The zero-order valence-electron chi connectivity index (χ0n) is 10.1. The van der Waals surface area contributed by atoms with Crippen molar-refractivity contribution in [1.29, 1.82) is 0 Å². The number of benzene rings is 1. The zero-order valence-corrected chi connectivity index (χ0v) is 12.4. The Balaban J connectivity index is 0.00000289. The molecule has 0 aliphatic heterocycles. The van der Waals surface area contributed by atoms with Gasteiger partial charge in [0.05, 0.1) is 0 Å². The molecule has 0 bridgehead atoms. The number of carbonyl (C=O) groups excluding carboxylic acids is 1. The molecular weight excluding hydrogens is 295 g/mol. The van der Waals surface area contributed by atoms with Crippen LogP contribution in [-0.4, -0.2) is 19.0 Å². The van der Waals surface area contributed by atoms with Gasteiger partial charge in [0.25, 0.3) is 0 Å². The van der Waals surface area contributed by atoms with Gasteiger partial charge in [-0.05, 0) is 24.1 Å². The molecule has 6 heteroatoms. The standard InChI is InChI=1S/C12H16Cl2N2O.ClH/c1-8(12(17)16-5-4-15)6-9-2-3-10(13)7-11(9)14;/h2-3,7-8H,4-6,15H2,1H3,(H,16,17);1H. The number of rotatable bonds is 5. The lowest BCUT2D eigenvalue weighted by Crippen LogP contribution is -2.34. The maximum Gasteiger partial charge on any atom is 0.223 e. The van der Waals surface area contributed by atoms with Gasteiger partial charge in [0.15, 0.2) is 0 Å². The molecule has 1 atom stereocenters. The topological polar surface area (TPSA) is 55.1 Å². The van der Waals surface area contributed by atoms with Crippen LogP contribution in [0.25, 0.3) is 0 Å². The highest BCUT2D eigenvalue weighted by molar-refractivity contribution is 6.35. The summed E-state index contributed by atoms with van der Waals surface area (Å²) >= 11 is 11.9. The molecule has 3 N–H and O–H groups in total. The lowest BCUT2D eigenvalue weighted by Gasteiger charge is -2.12. The van der Waals surface area contributed by atoms with Gasteiger partial charge in [0, 0.05) is 29.1 Å². The molecule has 0 saturated carbocycles. The van der Waals surface area contributed by atoms with Gasteiger partial charge in [-0.25, -0.2) is 0 Å². The van der Waals surface area contributed by atoms with Gasteiger partial charge in [-0.15, -0.1) is 12.4 Å². The van der Waals surface area contributed by atoms with E-state index in [4.69, 9.17) is 28.9 Å². The van der Waals surface area contributed by atoms with E-state index in [1.54, 1.807) is 12.1 Å². The summed E-state index contributed by atoms with van der Waals surface area (Å²) in [6, 6.07) is 5.30. The Hall–Kier alpha value is -0.480. The summed E-state index contributed by atoms with van der Waals surface area (Å²) in [6.07, 6.45) is 0.590. The molecule has 0 spiro atoms. The smallest absolute Gasteiger partial charge is 0.223 e. The van der Waals surface area contributed by atoms with E-state index in [1.165, 1.54) is 0 Å². The highest BCUT2D eigenvalue weighted by atomic mass is 35.5. The van der Waals surface area contributed by atoms with Crippen LogP contribution in [0.5, 0.6) is 0 Å². The Bertz CT molecular complexity index is 399. The molecule has 102 valence electrons. The first-order valence-corrected chi connectivity index (χ1v) is 6.22. The van der Waals surface area contributed by atoms with Gasteiger partial charge in [0.2, 0.25) is 5.91 Å². The van der Waals surface area contributed by atoms with Crippen molar-refractivity contribution >= 4 is 41.5 Å². The van der Waals surface area contributed by atoms with E-state index in [0.717, 1.165) is 5.56 Å². The summed E-state index contributed by atoms with van der Waals surface area (Å²) in [5, 5.41) is 3.94. The van der Waals surface area contributed by atoms with Crippen molar-refractivity contribution in [2.24, 2.45) is 11.7 Å². The van der Waals surface area contributed by atoms with Gasteiger partial charge < -0.3 is 11.1 Å². The third kappa shape index (κ3) is 5.44. The number of halogens is 3. The molecule has 1 rings (SSSR count). The number of carbonyl (C=O) groups is 1. The summed E-state index contributed by atoms with van der Waals surface area (Å²) in [7, 11) is 0. The summed E-state index contributed by atoms with van der Waals surface area (Å²) in [6.45, 7) is 2.80. The van der Waals surface area contributed by atoms with Gasteiger partial charge in [-0.3, -0.25) is 4.79 Å². The molecular formula is C12H17Cl3N2O. The number of amides is 1. The highest BCUT2D eigenvalue weighted by Crippen LogP contribution is 2.23. The van der Waals surface area contributed by atoms with E-state index < -0.39 is 0 Å². The van der Waals surface area contributed by atoms with Crippen LogP contribution in [0, 0.1) is 5.92 Å². The molecule has 18 heavy (non-hydrogen) atoms. The molecule has 1 aromatic carbocycles. The SMILES string of the molecule is CC(Cc1ccc(Cl)cc1Cl)C(=O)NCCN.Cl. The summed E-state index contributed by atoms with van der Waals surface area (Å²) < 4.78 is 0. The van der Waals surface area contributed by atoms with Crippen LogP contribution in [0.2, 0.25) is 10.0 Å². The predicted octanol–water partition coefficient (Wildman–Crippen LogP) is 2.67. The van der Waals surface area contributed by atoms with Crippen LogP contribution in [-0.2, 0) is 11.2 Å². The third-order valence-electron chi connectivity index (χ3n) is 2.43. The largest absolute Gasteiger partial charge is 0.355 e. The predicted molar refractivity (Wildman–Crippen MR) is 78.6 cm³/mol. The van der Waals surface area contributed by atoms with Crippen molar-refractivity contribution in [3.63, 3.8) is 0 Å². The van der Waals surface area contributed by atoms with Crippen LogP contribution in [0.1, 0.15) is 12.5 Å². The van der Waals surface area contributed by atoms with Crippen molar-refractivity contribution in [2.75, 3.05) is 13.1 Å². The van der Waals surface area contributed by atoms with Crippen LogP contribution < -0.4 is 11.1 Å². The monoisotopic (exact) mass is 310 g/mol. The molecule has 3 nitrogen and oxygen atoms in total. The van der Waals surface area contributed by atoms with E-state index in [0.29, 0.717) is 29.6 Å². The maximum absolute atomic E-state index is 11.6.